The zero-order chi connectivity index (χ0) is 17.3. The summed E-state index contributed by atoms with van der Waals surface area (Å²) in [5.74, 6) is 2.08. The Morgan fingerprint density at radius 2 is 1.88 bits per heavy atom. The van der Waals surface area contributed by atoms with E-state index in [9.17, 15) is 8.42 Å². The third-order valence-corrected chi connectivity index (χ3v) is 5.45. The zero-order valence-electron chi connectivity index (χ0n) is 15.5. The Morgan fingerprint density at radius 3 is 2.38 bits per heavy atom. The van der Waals surface area contributed by atoms with Crippen molar-refractivity contribution in [3.05, 3.63) is 0 Å². The number of guanidine groups is 1. The van der Waals surface area contributed by atoms with Crippen LogP contribution in [-0.2, 0) is 10.0 Å². The van der Waals surface area contributed by atoms with Gasteiger partial charge in [-0.05, 0) is 44.4 Å². The molecule has 1 rings (SSSR count). The number of piperidine rings is 1. The van der Waals surface area contributed by atoms with E-state index in [1.807, 2.05) is 0 Å². The van der Waals surface area contributed by atoms with Crippen LogP contribution in [0, 0.1) is 11.8 Å². The third kappa shape index (κ3) is 10.0. The van der Waals surface area contributed by atoms with E-state index in [1.54, 1.807) is 4.31 Å². The number of hydrogen-bond acceptors (Lipinski definition) is 3. The second-order valence-electron chi connectivity index (χ2n) is 6.79. The van der Waals surface area contributed by atoms with Crippen LogP contribution in [0.1, 0.15) is 46.5 Å². The molecule has 6 nitrogen and oxygen atoms in total. The fourth-order valence-corrected chi connectivity index (χ4v) is 3.58. The Kier molecular flexibility index (Phi) is 12.2. The average Bonchev–Trinajstić information content (AvgIpc) is 2.48. The lowest BCUT2D eigenvalue weighted by atomic mass is 9.98. The number of nitrogens with zero attached hydrogens (tertiary/aromatic N) is 2. The summed E-state index contributed by atoms with van der Waals surface area (Å²) in [5.41, 5.74) is 0. The Morgan fingerprint density at radius 1 is 1.25 bits per heavy atom. The van der Waals surface area contributed by atoms with Gasteiger partial charge in [0, 0.05) is 32.7 Å². The quantitative estimate of drug-likeness (QED) is 0.245. The van der Waals surface area contributed by atoms with E-state index in [4.69, 9.17) is 0 Å². The summed E-state index contributed by atoms with van der Waals surface area (Å²) < 4.78 is 24.6. The predicted octanol–water partition coefficient (Wildman–Crippen LogP) is 2.27. The number of hydrogen-bond donors (Lipinski definition) is 2. The Hall–Kier alpha value is -0.0900. The lowest BCUT2D eigenvalue weighted by Crippen LogP contribution is -2.40. The van der Waals surface area contributed by atoms with Crippen molar-refractivity contribution >= 4 is 40.0 Å². The van der Waals surface area contributed by atoms with Crippen LogP contribution in [0.3, 0.4) is 0 Å². The fourth-order valence-electron chi connectivity index (χ4n) is 2.70. The maximum Gasteiger partial charge on any atom is 0.211 e. The highest BCUT2D eigenvalue weighted by molar-refractivity contribution is 14.0. The van der Waals surface area contributed by atoms with Crippen LogP contribution in [0.15, 0.2) is 4.99 Å². The van der Waals surface area contributed by atoms with Gasteiger partial charge in [0.05, 0.1) is 6.26 Å². The van der Waals surface area contributed by atoms with E-state index in [2.05, 4.69) is 36.4 Å². The summed E-state index contributed by atoms with van der Waals surface area (Å²) in [6, 6.07) is 0. The molecule has 24 heavy (non-hydrogen) atoms. The predicted molar refractivity (Wildman–Crippen MR) is 113 cm³/mol. The van der Waals surface area contributed by atoms with Gasteiger partial charge in [0.25, 0.3) is 0 Å². The summed E-state index contributed by atoms with van der Waals surface area (Å²) >= 11 is 0. The van der Waals surface area contributed by atoms with E-state index in [0.29, 0.717) is 19.0 Å². The van der Waals surface area contributed by atoms with Crippen molar-refractivity contribution in [2.24, 2.45) is 16.8 Å². The van der Waals surface area contributed by atoms with Gasteiger partial charge in [-0.1, -0.05) is 13.8 Å². The minimum atomic E-state index is -3.04. The van der Waals surface area contributed by atoms with Gasteiger partial charge in [-0.15, -0.1) is 24.0 Å². The van der Waals surface area contributed by atoms with Gasteiger partial charge in [0.15, 0.2) is 5.96 Å². The van der Waals surface area contributed by atoms with Crippen LogP contribution in [0.4, 0.5) is 0 Å². The molecule has 0 aliphatic carbocycles. The molecule has 0 radical (unpaired) electrons. The maximum absolute atomic E-state index is 11.5. The topological polar surface area (TPSA) is 73.8 Å². The molecule has 2 N–H and O–H groups in total. The molecule has 0 bridgehead atoms. The first-order valence-electron chi connectivity index (χ1n) is 8.80. The number of nitrogens with one attached hydrogen (secondary N) is 2. The Balaban J connectivity index is 0.00000529. The van der Waals surface area contributed by atoms with Crippen molar-refractivity contribution in [2.45, 2.75) is 46.5 Å². The molecule has 0 aromatic carbocycles. The molecule has 8 heteroatoms. The largest absolute Gasteiger partial charge is 0.357 e. The molecule has 0 amide bonds. The summed E-state index contributed by atoms with van der Waals surface area (Å²) in [6.07, 6.45) is 5.44. The molecule has 1 aliphatic rings. The summed E-state index contributed by atoms with van der Waals surface area (Å²) in [5, 5.41) is 6.66. The van der Waals surface area contributed by atoms with Crippen molar-refractivity contribution < 1.29 is 8.42 Å². The van der Waals surface area contributed by atoms with Crippen LogP contribution in [0.5, 0.6) is 0 Å². The van der Waals surface area contributed by atoms with Gasteiger partial charge in [-0.25, -0.2) is 12.7 Å². The molecule has 0 spiro atoms. The maximum atomic E-state index is 11.5. The van der Waals surface area contributed by atoms with Crippen LogP contribution in [0.25, 0.3) is 0 Å². The molecule has 0 aromatic heterocycles. The smallest absolute Gasteiger partial charge is 0.211 e. The summed E-state index contributed by atoms with van der Waals surface area (Å²) in [7, 11) is -3.04. The van der Waals surface area contributed by atoms with E-state index >= 15 is 0 Å². The second-order valence-corrected chi connectivity index (χ2v) is 8.77. The number of rotatable bonds is 8. The van der Waals surface area contributed by atoms with E-state index in [0.717, 1.165) is 50.8 Å². The molecule has 1 heterocycles. The van der Waals surface area contributed by atoms with Crippen molar-refractivity contribution in [1.82, 2.24) is 14.9 Å². The van der Waals surface area contributed by atoms with Gasteiger partial charge < -0.3 is 10.6 Å². The van der Waals surface area contributed by atoms with Crippen LogP contribution < -0.4 is 10.6 Å². The molecule has 1 fully saturated rings. The molecule has 0 atom stereocenters. The van der Waals surface area contributed by atoms with Crippen molar-refractivity contribution in [2.75, 3.05) is 39.0 Å². The number of halogens is 1. The van der Waals surface area contributed by atoms with Gasteiger partial charge in [-0.3, -0.25) is 4.99 Å². The lowest BCUT2D eigenvalue weighted by Gasteiger charge is -2.29. The van der Waals surface area contributed by atoms with Crippen LogP contribution in [0.2, 0.25) is 0 Å². The second kappa shape index (κ2) is 12.3. The first-order valence-corrected chi connectivity index (χ1v) is 10.6. The van der Waals surface area contributed by atoms with Crippen molar-refractivity contribution in [3.8, 4) is 0 Å². The van der Waals surface area contributed by atoms with Crippen molar-refractivity contribution in [1.29, 1.82) is 0 Å². The standard InChI is InChI=1S/C16H34N4O2S.HI/c1-5-17-16(18-10-6-7-14(2)3)19-13-15-8-11-20(12-9-15)23(4,21)22;/h14-15H,5-13H2,1-4H3,(H2,17,18,19);1H. The summed E-state index contributed by atoms with van der Waals surface area (Å²) in [6.45, 7) is 10.3. The zero-order valence-corrected chi connectivity index (χ0v) is 18.7. The molecule has 0 saturated carbocycles. The van der Waals surface area contributed by atoms with Gasteiger partial charge in [0.1, 0.15) is 0 Å². The Labute approximate surface area is 165 Å². The summed E-state index contributed by atoms with van der Waals surface area (Å²) in [4.78, 5) is 4.67. The minimum absolute atomic E-state index is 0. The number of aliphatic imine (C=N–C) groups is 1. The molecule has 0 unspecified atom stereocenters. The molecule has 0 aromatic rings. The normalized spacial score (nSPS) is 17.6. The van der Waals surface area contributed by atoms with Gasteiger partial charge in [-0.2, -0.15) is 0 Å². The van der Waals surface area contributed by atoms with E-state index in [-0.39, 0.29) is 24.0 Å². The van der Waals surface area contributed by atoms with E-state index in [1.165, 1.54) is 12.7 Å². The van der Waals surface area contributed by atoms with Gasteiger partial charge >= 0.3 is 0 Å². The molecular weight excluding hydrogens is 439 g/mol. The molecular formula is C16H35IN4O2S. The average molecular weight is 474 g/mol. The lowest BCUT2D eigenvalue weighted by molar-refractivity contribution is 0.280. The number of sulfonamides is 1. The van der Waals surface area contributed by atoms with E-state index < -0.39 is 10.0 Å². The highest BCUT2D eigenvalue weighted by Gasteiger charge is 2.24. The first-order chi connectivity index (χ1) is 10.8. The minimum Gasteiger partial charge on any atom is -0.357 e. The van der Waals surface area contributed by atoms with Gasteiger partial charge in [0.2, 0.25) is 10.0 Å². The molecule has 1 aliphatic heterocycles. The van der Waals surface area contributed by atoms with Crippen molar-refractivity contribution in [3.63, 3.8) is 0 Å². The highest BCUT2D eigenvalue weighted by atomic mass is 127. The fraction of sp³-hybridized carbons (Fsp3) is 0.938. The SMILES string of the molecule is CCNC(=NCC1CCN(S(C)(=O)=O)CC1)NCCCC(C)C.I. The molecule has 144 valence electrons. The monoisotopic (exact) mass is 474 g/mol. The first kappa shape index (κ1) is 23.9. The van der Waals surface area contributed by atoms with Crippen LogP contribution >= 0.6 is 24.0 Å². The third-order valence-electron chi connectivity index (χ3n) is 4.15. The molecule has 1 saturated heterocycles. The Bertz CT molecular complexity index is 461. The highest BCUT2D eigenvalue weighted by Crippen LogP contribution is 2.19. The van der Waals surface area contributed by atoms with Crippen LogP contribution in [-0.4, -0.2) is 57.7 Å².